The molecule has 0 unspecified atom stereocenters. The molecule has 1 heteroatoms. The van der Waals surface area contributed by atoms with Gasteiger partial charge in [-0.25, -0.2) is 0 Å². The van der Waals surface area contributed by atoms with Crippen LogP contribution in [0.1, 0.15) is 37.5 Å². The van der Waals surface area contributed by atoms with Crippen LogP contribution in [0.4, 0.5) is 0 Å². The number of hydrogen-bond acceptors (Lipinski definition) is 0. The first-order chi connectivity index (χ1) is 6.22. The Kier molecular flexibility index (Phi) is 3.98. The Labute approximate surface area is 89.5 Å². The fourth-order valence-electron chi connectivity index (χ4n) is 1.44. The van der Waals surface area contributed by atoms with Crippen molar-refractivity contribution in [1.29, 1.82) is 0 Å². The molecule has 0 atom stereocenters. The first kappa shape index (κ1) is 10.8. The predicted octanol–water partition coefficient (Wildman–Crippen LogP) is 3.94. The Hall–Kier alpha value is -0.300. The van der Waals surface area contributed by atoms with Crippen LogP contribution < -0.4 is 0 Å². The van der Waals surface area contributed by atoms with Crippen molar-refractivity contribution in [2.45, 2.75) is 40.0 Å². The van der Waals surface area contributed by atoms with Gasteiger partial charge in [-0.2, -0.15) is 0 Å². The Bertz CT molecular complexity index is 264. The maximum atomic E-state index is 3.63. The summed E-state index contributed by atoms with van der Waals surface area (Å²) in [4.78, 5) is 0. The highest BCUT2D eigenvalue weighted by Gasteiger charge is 2.05. The highest BCUT2D eigenvalue weighted by molar-refractivity contribution is 9.10. The van der Waals surface area contributed by atoms with Gasteiger partial charge in [0.1, 0.15) is 0 Å². The van der Waals surface area contributed by atoms with Crippen molar-refractivity contribution in [3.63, 3.8) is 0 Å². The smallest absolute Gasteiger partial charge is 0.0245 e. The van der Waals surface area contributed by atoms with Crippen molar-refractivity contribution in [3.8, 4) is 0 Å². The van der Waals surface area contributed by atoms with Gasteiger partial charge in [-0.3, -0.25) is 0 Å². The minimum absolute atomic E-state index is 1.06. The van der Waals surface area contributed by atoms with Gasteiger partial charge in [0.15, 0.2) is 0 Å². The lowest BCUT2D eigenvalue weighted by Crippen LogP contribution is -1.94. The summed E-state index contributed by atoms with van der Waals surface area (Å²) in [6.45, 7) is 6.55. The van der Waals surface area contributed by atoms with E-state index in [1.165, 1.54) is 21.2 Å². The summed E-state index contributed by atoms with van der Waals surface area (Å²) in [6, 6.07) is 5.69. The molecular weight excluding hydrogens is 224 g/mol. The third-order valence-electron chi connectivity index (χ3n) is 2.32. The fraction of sp³-hybridized carbons (Fsp3) is 0.500. The molecule has 0 aliphatic rings. The highest BCUT2D eigenvalue weighted by atomic mass is 79.9. The second-order valence-electron chi connectivity index (χ2n) is 3.17. The average molecular weight is 240 g/mol. The van der Waals surface area contributed by atoms with Crippen LogP contribution in [-0.2, 0) is 19.3 Å². The first-order valence-electron chi connectivity index (χ1n) is 4.95. The minimum Gasteiger partial charge on any atom is -0.0613 e. The molecule has 0 fully saturated rings. The van der Waals surface area contributed by atoms with E-state index in [0.717, 1.165) is 19.3 Å². The summed E-state index contributed by atoms with van der Waals surface area (Å²) in [5.41, 5.74) is 4.06. The summed E-state index contributed by atoms with van der Waals surface area (Å²) in [5, 5.41) is 0. The Morgan fingerprint density at radius 2 is 1.85 bits per heavy atom. The molecule has 0 amide bonds. The molecule has 0 saturated heterocycles. The quantitative estimate of drug-likeness (QED) is 0.750. The van der Waals surface area contributed by atoms with Crippen LogP contribution in [0.15, 0.2) is 10.5 Å². The lowest BCUT2D eigenvalue weighted by molar-refractivity contribution is 1.02. The third kappa shape index (κ3) is 2.34. The normalized spacial score (nSPS) is 10.5. The van der Waals surface area contributed by atoms with Crippen molar-refractivity contribution < 1.29 is 0 Å². The maximum absolute atomic E-state index is 3.63. The van der Waals surface area contributed by atoms with Crippen LogP contribution in [0.25, 0.3) is 0 Å². The molecule has 0 bridgehead atoms. The second-order valence-corrected chi connectivity index (χ2v) is 3.97. The number of benzene rings is 1. The van der Waals surface area contributed by atoms with Gasteiger partial charge in [-0.05, 0) is 42.0 Å². The molecule has 1 rings (SSSR count). The van der Waals surface area contributed by atoms with Crippen molar-refractivity contribution in [2.24, 2.45) is 0 Å². The largest absolute Gasteiger partial charge is 0.0613 e. The van der Waals surface area contributed by atoms with Gasteiger partial charge < -0.3 is 0 Å². The van der Waals surface area contributed by atoms with Gasteiger partial charge in [-0.15, -0.1) is 0 Å². The molecule has 0 saturated carbocycles. The number of rotatable bonds is 3. The van der Waals surface area contributed by atoms with E-state index in [4.69, 9.17) is 0 Å². The molecule has 0 nitrogen and oxygen atoms in total. The molecule has 0 heterocycles. The van der Waals surface area contributed by atoms with Crippen molar-refractivity contribution in [1.82, 2.24) is 0 Å². The van der Waals surface area contributed by atoms with Crippen LogP contribution >= 0.6 is 15.9 Å². The molecule has 0 N–H and O–H groups in total. The van der Waals surface area contributed by atoms with Crippen molar-refractivity contribution in [3.05, 3.63) is 33.3 Å². The molecule has 1 radical (unpaired) electrons. The summed E-state index contributed by atoms with van der Waals surface area (Å²) in [7, 11) is 0. The molecule has 1 aromatic carbocycles. The summed E-state index contributed by atoms with van der Waals surface area (Å²) >= 11 is 3.63. The number of halogens is 1. The second kappa shape index (κ2) is 4.80. The van der Waals surface area contributed by atoms with E-state index in [2.05, 4.69) is 48.8 Å². The SMILES string of the molecule is CCc1[c]c(CC)c(Br)c(CC)c1. The Morgan fingerprint density at radius 3 is 2.31 bits per heavy atom. The lowest BCUT2D eigenvalue weighted by atomic mass is 10.0. The molecule has 0 aliphatic carbocycles. The monoisotopic (exact) mass is 239 g/mol. The first-order valence-corrected chi connectivity index (χ1v) is 5.74. The van der Waals surface area contributed by atoms with Gasteiger partial charge in [-0.1, -0.05) is 42.8 Å². The zero-order chi connectivity index (χ0) is 9.84. The topological polar surface area (TPSA) is 0 Å². The van der Waals surface area contributed by atoms with E-state index in [1.54, 1.807) is 0 Å². The standard InChI is InChI=1S/C12H16Br/c1-4-9-7-10(5-2)12(13)11(6-3)8-9/h7H,4-6H2,1-3H3. The minimum atomic E-state index is 1.06. The Balaban J connectivity index is 3.20. The Morgan fingerprint density at radius 1 is 1.15 bits per heavy atom. The maximum Gasteiger partial charge on any atom is 0.0245 e. The van der Waals surface area contributed by atoms with Crippen LogP contribution in [0, 0.1) is 6.07 Å². The van der Waals surface area contributed by atoms with Gasteiger partial charge >= 0.3 is 0 Å². The van der Waals surface area contributed by atoms with Crippen LogP contribution in [-0.4, -0.2) is 0 Å². The van der Waals surface area contributed by atoms with E-state index in [-0.39, 0.29) is 0 Å². The molecule has 13 heavy (non-hydrogen) atoms. The summed E-state index contributed by atoms with van der Waals surface area (Å²) in [6.07, 6.45) is 3.23. The van der Waals surface area contributed by atoms with Crippen LogP contribution in [0.3, 0.4) is 0 Å². The number of hydrogen-bond donors (Lipinski definition) is 0. The van der Waals surface area contributed by atoms with Gasteiger partial charge in [0.05, 0.1) is 0 Å². The molecular formula is C12H16Br. The van der Waals surface area contributed by atoms with E-state index >= 15 is 0 Å². The summed E-state index contributed by atoms with van der Waals surface area (Å²) in [5.74, 6) is 0. The molecule has 0 aromatic heterocycles. The third-order valence-corrected chi connectivity index (χ3v) is 3.31. The molecule has 71 valence electrons. The highest BCUT2D eigenvalue weighted by Crippen LogP contribution is 2.24. The zero-order valence-corrected chi connectivity index (χ0v) is 10.2. The lowest BCUT2D eigenvalue weighted by Gasteiger charge is -2.09. The van der Waals surface area contributed by atoms with E-state index in [1.807, 2.05) is 0 Å². The van der Waals surface area contributed by atoms with Gasteiger partial charge in [0.2, 0.25) is 0 Å². The van der Waals surface area contributed by atoms with Crippen LogP contribution in [0.2, 0.25) is 0 Å². The van der Waals surface area contributed by atoms with Crippen LogP contribution in [0.5, 0.6) is 0 Å². The van der Waals surface area contributed by atoms with E-state index in [9.17, 15) is 0 Å². The van der Waals surface area contributed by atoms with Gasteiger partial charge in [0.25, 0.3) is 0 Å². The van der Waals surface area contributed by atoms with Gasteiger partial charge in [0, 0.05) is 4.47 Å². The molecule has 0 aliphatic heterocycles. The van der Waals surface area contributed by atoms with Crippen molar-refractivity contribution >= 4 is 15.9 Å². The van der Waals surface area contributed by atoms with E-state index < -0.39 is 0 Å². The van der Waals surface area contributed by atoms with E-state index in [0.29, 0.717) is 0 Å². The van der Waals surface area contributed by atoms with Crippen molar-refractivity contribution in [2.75, 3.05) is 0 Å². The fourth-order valence-corrected chi connectivity index (χ4v) is 2.22. The average Bonchev–Trinajstić information content (AvgIpc) is 2.18. The predicted molar refractivity (Wildman–Crippen MR) is 61.1 cm³/mol. The number of aryl methyl sites for hydroxylation is 3. The summed E-state index contributed by atoms with van der Waals surface area (Å²) < 4.78 is 1.26. The molecule has 0 spiro atoms. The zero-order valence-electron chi connectivity index (χ0n) is 8.58. The molecule has 1 aromatic rings.